The Kier molecular flexibility index (Phi) is 7.23. The van der Waals surface area contributed by atoms with Crippen LogP contribution in [0.2, 0.25) is 5.02 Å². The van der Waals surface area contributed by atoms with E-state index in [1.807, 2.05) is 0 Å². The number of nitrogens with one attached hydrogen (secondary N) is 3. The fraction of sp³-hybridized carbons (Fsp3) is 0.375. The van der Waals surface area contributed by atoms with Crippen LogP contribution < -0.4 is 20.7 Å². The van der Waals surface area contributed by atoms with Gasteiger partial charge in [-0.15, -0.1) is 0 Å². The molecule has 2 heterocycles. The van der Waals surface area contributed by atoms with Crippen molar-refractivity contribution < 1.29 is 23.9 Å². The minimum atomic E-state index is -0.460. The van der Waals surface area contributed by atoms with Crippen LogP contribution in [0, 0.1) is 0 Å². The Morgan fingerprint density at radius 2 is 1.88 bits per heavy atom. The minimum absolute atomic E-state index is 0.0792. The molecular formula is C24H27ClN4O5. The van der Waals surface area contributed by atoms with E-state index in [1.165, 1.54) is 0 Å². The lowest BCUT2D eigenvalue weighted by atomic mass is 9.94. The van der Waals surface area contributed by atoms with Crippen LogP contribution in [0.4, 0.5) is 16.2 Å². The summed E-state index contributed by atoms with van der Waals surface area (Å²) in [5, 5.41) is 8.57. The van der Waals surface area contributed by atoms with Gasteiger partial charge in [-0.1, -0.05) is 17.7 Å². The summed E-state index contributed by atoms with van der Waals surface area (Å²) < 4.78 is 12.1. The summed E-state index contributed by atoms with van der Waals surface area (Å²) in [5.41, 5.74) is 1.36. The third-order valence-corrected chi connectivity index (χ3v) is 6.28. The van der Waals surface area contributed by atoms with E-state index in [4.69, 9.17) is 21.1 Å². The van der Waals surface area contributed by atoms with Gasteiger partial charge in [0.2, 0.25) is 5.91 Å². The molecule has 3 atom stereocenters. The van der Waals surface area contributed by atoms with Gasteiger partial charge < -0.3 is 30.3 Å². The van der Waals surface area contributed by atoms with Crippen molar-refractivity contribution in [2.75, 3.05) is 31.3 Å². The number of fused-ring (bicyclic) bond motifs is 2. The number of halogens is 1. The quantitative estimate of drug-likeness (QED) is 0.613. The number of hydrogen-bond donors (Lipinski definition) is 3. The Hall–Kier alpha value is -3.30. The van der Waals surface area contributed by atoms with Gasteiger partial charge in [0.1, 0.15) is 18.5 Å². The number of carbonyl (C=O) groups excluding carboxylic acids is 3. The molecule has 0 aliphatic carbocycles. The van der Waals surface area contributed by atoms with Gasteiger partial charge in [-0.2, -0.15) is 0 Å². The Bertz CT molecular complexity index is 1090. The first-order valence-corrected chi connectivity index (χ1v) is 11.5. The summed E-state index contributed by atoms with van der Waals surface area (Å²) >= 11 is 5.96. The standard InChI is InChI=1S/C24H27ClN4O5/c1-26-22(30)12-17-7-8-19-21(34-17)13-33-20-9-6-16(11-18(20)23(31)29(19)2)28-24(32)27-15-5-3-4-14(25)10-15/h3-6,9-11,17,19,21H,7-8,12-13H2,1-2H3,(H,26,30)(H2,27,28,32)/t17-,19-,21+/m1/s1. The van der Waals surface area contributed by atoms with Gasteiger partial charge in [0.15, 0.2) is 0 Å². The third-order valence-electron chi connectivity index (χ3n) is 6.04. The lowest BCUT2D eigenvalue weighted by Gasteiger charge is -2.42. The molecule has 0 spiro atoms. The van der Waals surface area contributed by atoms with Crippen LogP contribution in [0.3, 0.4) is 0 Å². The van der Waals surface area contributed by atoms with E-state index in [0.717, 1.165) is 0 Å². The van der Waals surface area contributed by atoms with Gasteiger partial charge in [0.05, 0.1) is 24.1 Å². The summed E-state index contributed by atoms with van der Waals surface area (Å²) in [4.78, 5) is 39.1. The molecule has 0 aromatic heterocycles. The molecule has 0 unspecified atom stereocenters. The summed E-state index contributed by atoms with van der Waals surface area (Å²) in [5.74, 6) is 0.106. The molecule has 34 heavy (non-hydrogen) atoms. The highest BCUT2D eigenvalue weighted by Gasteiger charge is 2.39. The van der Waals surface area contributed by atoms with Crippen molar-refractivity contribution in [1.29, 1.82) is 0 Å². The van der Waals surface area contributed by atoms with Crippen LogP contribution in [0.15, 0.2) is 42.5 Å². The number of rotatable bonds is 4. The normalized spacial score (nSPS) is 21.8. The number of amides is 4. The van der Waals surface area contributed by atoms with Crippen LogP contribution >= 0.6 is 11.6 Å². The summed E-state index contributed by atoms with van der Waals surface area (Å²) in [6.45, 7) is 0.252. The van der Waals surface area contributed by atoms with Gasteiger partial charge in [-0.25, -0.2) is 4.79 Å². The topological polar surface area (TPSA) is 109 Å². The first-order valence-electron chi connectivity index (χ1n) is 11.1. The van der Waals surface area contributed by atoms with Crippen molar-refractivity contribution in [2.45, 2.75) is 37.5 Å². The second-order valence-corrected chi connectivity index (χ2v) is 8.78. The zero-order valence-electron chi connectivity index (χ0n) is 19.0. The average molecular weight is 487 g/mol. The lowest BCUT2D eigenvalue weighted by molar-refractivity contribution is -0.133. The van der Waals surface area contributed by atoms with E-state index in [2.05, 4.69) is 16.0 Å². The van der Waals surface area contributed by atoms with E-state index in [-0.39, 0.29) is 43.1 Å². The fourth-order valence-corrected chi connectivity index (χ4v) is 4.46. The van der Waals surface area contributed by atoms with E-state index in [1.54, 1.807) is 61.5 Å². The Morgan fingerprint density at radius 1 is 1.12 bits per heavy atom. The number of urea groups is 1. The summed E-state index contributed by atoms with van der Waals surface area (Å²) in [6, 6.07) is 11.1. The Morgan fingerprint density at radius 3 is 2.62 bits per heavy atom. The number of carbonyl (C=O) groups is 3. The minimum Gasteiger partial charge on any atom is -0.490 e. The highest BCUT2D eigenvalue weighted by molar-refractivity contribution is 6.30. The number of anilines is 2. The maximum Gasteiger partial charge on any atom is 0.323 e. The van der Waals surface area contributed by atoms with E-state index >= 15 is 0 Å². The zero-order chi connectivity index (χ0) is 24.2. The first-order chi connectivity index (χ1) is 16.3. The van der Waals surface area contributed by atoms with Gasteiger partial charge >= 0.3 is 6.03 Å². The molecule has 180 valence electrons. The Balaban J connectivity index is 1.47. The van der Waals surface area contributed by atoms with Crippen LogP contribution in [0.1, 0.15) is 29.6 Å². The molecule has 4 amide bonds. The molecule has 1 saturated heterocycles. The maximum atomic E-state index is 13.3. The highest BCUT2D eigenvalue weighted by atomic mass is 35.5. The van der Waals surface area contributed by atoms with Crippen LogP contribution in [-0.4, -0.2) is 61.7 Å². The molecule has 0 radical (unpaired) electrons. The molecule has 2 aromatic rings. The summed E-state index contributed by atoms with van der Waals surface area (Å²) in [7, 11) is 3.34. The predicted octanol–water partition coefficient (Wildman–Crippen LogP) is 3.50. The van der Waals surface area contributed by atoms with E-state index < -0.39 is 6.03 Å². The van der Waals surface area contributed by atoms with Crippen molar-refractivity contribution in [1.82, 2.24) is 10.2 Å². The van der Waals surface area contributed by atoms with Crippen LogP contribution in [0.25, 0.3) is 0 Å². The van der Waals surface area contributed by atoms with Crippen molar-refractivity contribution in [3.63, 3.8) is 0 Å². The average Bonchev–Trinajstić information content (AvgIpc) is 2.81. The zero-order valence-corrected chi connectivity index (χ0v) is 19.7. The molecule has 9 nitrogen and oxygen atoms in total. The molecule has 0 saturated carbocycles. The molecule has 4 rings (SSSR count). The molecule has 2 aliphatic rings. The van der Waals surface area contributed by atoms with E-state index in [0.29, 0.717) is 40.6 Å². The fourth-order valence-electron chi connectivity index (χ4n) is 4.27. The molecule has 0 bridgehead atoms. The van der Waals surface area contributed by atoms with Crippen LogP contribution in [-0.2, 0) is 9.53 Å². The van der Waals surface area contributed by atoms with Crippen molar-refractivity contribution in [3.8, 4) is 5.75 Å². The van der Waals surface area contributed by atoms with Crippen molar-refractivity contribution in [3.05, 3.63) is 53.1 Å². The number of likely N-dealkylation sites (N-methyl/N-ethyl adjacent to an activating group) is 1. The Labute approximate surface area is 202 Å². The molecule has 2 aliphatic heterocycles. The number of ether oxygens (including phenoxy) is 2. The maximum absolute atomic E-state index is 13.3. The highest BCUT2D eigenvalue weighted by Crippen LogP contribution is 2.32. The predicted molar refractivity (Wildman–Crippen MR) is 128 cm³/mol. The second kappa shape index (κ2) is 10.3. The van der Waals surface area contributed by atoms with E-state index in [9.17, 15) is 14.4 Å². The number of benzene rings is 2. The second-order valence-electron chi connectivity index (χ2n) is 8.35. The molecule has 1 fully saturated rings. The summed E-state index contributed by atoms with van der Waals surface area (Å²) in [6.07, 6.45) is 1.10. The van der Waals surface area contributed by atoms with Gasteiger partial charge in [-0.05, 0) is 49.2 Å². The van der Waals surface area contributed by atoms with Crippen LogP contribution in [0.5, 0.6) is 5.75 Å². The smallest absolute Gasteiger partial charge is 0.323 e. The van der Waals surface area contributed by atoms with Crippen molar-refractivity contribution >= 4 is 40.8 Å². The molecule has 3 N–H and O–H groups in total. The molecule has 10 heteroatoms. The van der Waals surface area contributed by atoms with Crippen molar-refractivity contribution in [2.24, 2.45) is 0 Å². The monoisotopic (exact) mass is 486 g/mol. The third kappa shape index (κ3) is 5.43. The first kappa shape index (κ1) is 23.8. The van der Waals surface area contributed by atoms with Gasteiger partial charge in [0, 0.05) is 30.5 Å². The number of nitrogens with zero attached hydrogens (tertiary/aromatic N) is 1. The van der Waals surface area contributed by atoms with Gasteiger partial charge in [0.25, 0.3) is 5.91 Å². The lowest BCUT2D eigenvalue weighted by Crippen LogP contribution is -2.53. The molecule has 2 aromatic carbocycles. The SMILES string of the molecule is CNC(=O)C[C@H]1CC[C@@H]2[C@H](COc3ccc(NC(=O)Nc4cccc(Cl)c4)cc3C(=O)N2C)O1. The largest absolute Gasteiger partial charge is 0.490 e. The number of hydrogen-bond acceptors (Lipinski definition) is 5. The molecular weight excluding hydrogens is 460 g/mol. The van der Waals surface area contributed by atoms with Gasteiger partial charge in [-0.3, -0.25) is 9.59 Å².